The zero-order valence-corrected chi connectivity index (χ0v) is 8.47. The second kappa shape index (κ2) is 3.13. The molecule has 0 bridgehead atoms. The fourth-order valence-corrected chi connectivity index (χ4v) is 2.08. The van der Waals surface area contributed by atoms with Crippen LogP contribution in [0.3, 0.4) is 0 Å². The van der Waals surface area contributed by atoms with E-state index < -0.39 is 0 Å². The van der Waals surface area contributed by atoms with Crippen molar-refractivity contribution in [1.82, 2.24) is 10.2 Å². The van der Waals surface area contributed by atoms with Crippen molar-refractivity contribution in [3.05, 3.63) is 23.6 Å². The number of H-pyrrole nitrogens is 1. The van der Waals surface area contributed by atoms with Gasteiger partial charge in [-0.1, -0.05) is 6.07 Å². The van der Waals surface area contributed by atoms with Gasteiger partial charge >= 0.3 is 0 Å². The Morgan fingerprint density at radius 1 is 1.50 bits per heavy atom. The summed E-state index contributed by atoms with van der Waals surface area (Å²) in [6.07, 6.45) is 2.56. The van der Waals surface area contributed by atoms with Crippen LogP contribution in [0.25, 0.3) is 10.6 Å². The number of anilines is 1. The van der Waals surface area contributed by atoms with Crippen molar-refractivity contribution >= 4 is 17.2 Å². The van der Waals surface area contributed by atoms with E-state index in [9.17, 15) is 0 Å². The van der Waals surface area contributed by atoms with Crippen LogP contribution in [-0.4, -0.2) is 16.2 Å². The SMILES string of the molecule is c1csc(-c2cc(NC3CC3)n[nH]2)c1. The maximum atomic E-state index is 4.22. The quantitative estimate of drug-likeness (QED) is 0.808. The highest BCUT2D eigenvalue weighted by atomic mass is 32.1. The van der Waals surface area contributed by atoms with Crippen LogP contribution < -0.4 is 5.32 Å². The lowest BCUT2D eigenvalue weighted by Crippen LogP contribution is -2.00. The smallest absolute Gasteiger partial charge is 0.148 e. The minimum atomic E-state index is 0.662. The van der Waals surface area contributed by atoms with E-state index >= 15 is 0 Å². The molecule has 0 saturated heterocycles. The van der Waals surface area contributed by atoms with Crippen LogP contribution in [0, 0.1) is 0 Å². The molecule has 2 N–H and O–H groups in total. The lowest BCUT2D eigenvalue weighted by Gasteiger charge is -1.95. The molecule has 1 fully saturated rings. The van der Waals surface area contributed by atoms with E-state index in [0.717, 1.165) is 11.5 Å². The molecule has 2 heterocycles. The molecule has 72 valence electrons. The molecule has 1 aliphatic rings. The Labute approximate surface area is 86.2 Å². The summed E-state index contributed by atoms with van der Waals surface area (Å²) in [6.45, 7) is 0. The number of thiophene rings is 1. The minimum absolute atomic E-state index is 0.662. The third-order valence-corrected chi connectivity index (χ3v) is 3.20. The molecule has 2 aromatic heterocycles. The summed E-state index contributed by atoms with van der Waals surface area (Å²) in [5.41, 5.74) is 1.10. The van der Waals surface area contributed by atoms with Crippen molar-refractivity contribution in [2.75, 3.05) is 5.32 Å². The molecule has 0 aromatic carbocycles. The third-order valence-electron chi connectivity index (χ3n) is 2.29. The normalized spacial score (nSPS) is 15.7. The summed E-state index contributed by atoms with van der Waals surface area (Å²) in [6, 6.07) is 6.88. The van der Waals surface area contributed by atoms with Gasteiger partial charge in [0.05, 0.1) is 10.6 Å². The summed E-state index contributed by atoms with van der Waals surface area (Å²) < 4.78 is 0. The highest BCUT2D eigenvalue weighted by Gasteiger charge is 2.21. The molecule has 0 spiro atoms. The molecule has 0 radical (unpaired) electrons. The van der Waals surface area contributed by atoms with Crippen LogP contribution in [-0.2, 0) is 0 Å². The van der Waals surface area contributed by atoms with Crippen molar-refractivity contribution < 1.29 is 0 Å². The maximum absolute atomic E-state index is 4.22. The number of rotatable bonds is 3. The average Bonchev–Trinajstić information content (AvgIpc) is 2.71. The summed E-state index contributed by atoms with van der Waals surface area (Å²) >= 11 is 1.72. The van der Waals surface area contributed by atoms with E-state index in [1.165, 1.54) is 17.7 Å². The van der Waals surface area contributed by atoms with E-state index in [1.807, 2.05) is 0 Å². The summed E-state index contributed by atoms with van der Waals surface area (Å²) in [5, 5.41) is 12.7. The second-order valence-electron chi connectivity index (χ2n) is 3.56. The molecule has 1 saturated carbocycles. The van der Waals surface area contributed by atoms with Crippen LogP contribution in [0.5, 0.6) is 0 Å². The summed E-state index contributed by atoms with van der Waals surface area (Å²) in [4.78, 5) is 1.24. The van der Waals surface area contributed by atoms with Crippen molar-refractivity contribution in [2.45, 2.75) is 18.9 Å². The van der Waals surface area contributed by atoms with E-state index in [2.05, 4.69) is 39.1 Å². The molecule has 3 nitrogen and oxygen atoms in total. The number of nitrogens with zero attached hydrogens (tertiary/aromatic N) is 1. The van der Waals surface area contributed by atoms with Crippen molar-refractivity contribution in [1.29, 1.82) is 0 Å². The first-order chi connectivity index (χ1) is 6.92. The fourth-order valence-electron chi connectivity index (χ4n) is 1.39. The predicted octanol–water partition coefficient (Wildman–Crippen LogP) is 2.71. The number of hydrogen-bond acceptors (Lipinski definition) is 3. The Morgan fingerprint density at radius 2 is 2.43 bits per heavy atom. The highest BCUT2D eigenvalue weighted by Crippen LogP contribution is 2.27. The van der Waals surface area contributed by atoms with Gasteiger partial charge in [-0.3, -0.25) is 5.10 Å². The van der Waals surface area contributed by atoms with Crippen LogP contribution >= 0.6 is 11.3 Å². The average molecular weight is 205 g/mol. The Kier molecular flexibility index (Phi) is 1.80. The lowest BCUT2D eigenvalue weighted by atomic mass is 10.3. The number of aromatic nitrogens is 2. The first kappa shape index (κ1) is 8.05. The highest BCUT2D eigenvalue weighted by molar-refractivity contribution is 7.13. The van der Waals surface area contributed by atoms with Gasteiger partial charge in [0.2, 0.25) is 0 Å². The topological polar surface area (TPSA) is 40.7 Å². The van der Waals surface area contributed by atoms with Crippen LogP contribution in [0.4, 0.5) is 5.82 Å². The van der Waals surface area contributed by atoms with Crippen molar-refractivity contribution in [3.63, 3.8) is 0 Å². The van der Waals surface area contributed by atoms with E-state index in [-0.39, 0.29) is 0 Å². The Morgan fingerprint density at radius 3 is 3.14 bits per heavy atom. The zero-order valence-electron chi connectivity index (χ0n) is 7.66. The van der Waals surface area contributed by atoms with Gasteiger partial charge in [0, 0.05) is 12.1 Å². The van der Waals surface area contributed by atoms with Gasteiger partial charge in [0.1, 0.15) is 5.82 Å². The first-order valence-electron chi connectivity index (χ1n) is 4.77. The van der Waals surface area contributed by atoms with Gasteiger partial charge in [-0.15, -0.1) is 11.3 Å². The van der Waals surface area contributed by atoms with E-state index in [4.69, 9.17) is 0 Å². The monoisotopic (exact) mass is 205 g/mol. The second-order valence-corrected chi connectivity index (χ2v) is 4.51. The summed E-state index contributed by atoms with van der Waals surface area (Å²) in [5.74, 6) is 0.968. The molecule has 0 amide bonds. The minimum Gasteiger partial charge on any atom is -0.366 e. The van der Waals surface area contributed by atoms with Gasteiger partial charge < -0.3 is 5.32 Å². The molecule has 4 heteroatoms. The molecular formula is C10H11N3S. The van der Waals surface area contributed by atoms with Gasteiger partial charge in [-0.05, 0) is 24.3 Å². The number of aromatic amines is 1. The van der Waals surface area contributed by atoms with Crippen LogP contribution in [0.1, 0.15) is 12.8 Å². The standard InChI is InChI=1S/C10H11N3S/c1-2-9(14-5-1)8-6-10(13-12-8)11-7-3-4-7/h1-2,5-7H,3-4H2,(H2,11,12,13). The van der Waals surface area contributed by atoms with Gasteiger partial charge in [-0.25, -0.2) is 0 Å². The molecule has 0 aliphatic heterocycles. The van der Waals surface area contributed by atoms with E-state index in [1.54, 1.807) is 11.3 Å². The van der Waals surface area contributed by atoms with E-state index in [0.29, 0.717) is 6.04 Å². The van der Waals surface area contributed by atoms with Crippen molar-refractivity contribution in [3.8, 4) is 10.6 Å². The fraction of sp³-hybridized carbons (Fsp3) is 0.300. The number of nitrogens with one attached hydrogen (secondary N) is 2. The Bertz CT molecular complexity index is 414. The van der Waals surface area contributed by atoms with Crippen LogP contribution in [0.2, 0.25) is 0 Å². The zero-order chi connectivity index (χ0) is 9.38. The Hall–Kier alpha value is -1.29. The predicted molar refractivity (Wildman–Crippen MR) is 58.5 cm³/mol. The van der Waals surface area contributed by atoms with Gasteiger partial charge in [0.15, 0.2) is 0 Å². The maximum Gasteiger partial charge on any atom is 0.148 e. The summed E-state index contributed by atoms with van der Waals surface area (Å²) in [7, 11) is 0. The van der Waals surface area contributed by atoms with Crippen LogP contribution in [0.15, 0.2) is 23.6 Å². The Balaban J connectivity index is 1.82. The molecule has 1 aliphatic carbocycles. The molecule has 2 aromatic rings. The van der Waals surface area contributed by atoms with Gasteiger partial charge in [0.25, 0.3) is 0 Å². The molecule has 14 heavy (non-hydrogen) atoms. The first-order valence-corrected chi connectivity index (χ1v) is 5.65. The largest absolute Gasteiger partial charge is 0.366 e. The molecular weight excluding hydrogens is 194 g/mol. The molecule has 0 atom stereocenters. The number of hydrogen-bond donors (Lipinski definition) is 2. The molecule has 0 unspecified atom stereocenters. The lowest BCUT2D eigenvalue weighted by molar-refractivity contribution is 1.05. The third kappa shape index (κ3) is 1.53. The van der Waals surface area contributed by atoms with Gasteiger partial charge in [-0.2, -0.15) is 5.10 Å². The van der Waals surface area contributed by atoms with Crippen molar-refractivity contribution in [2.24, 2.45) is 0 Å². The molecule has 3 rings (SSSR count).